The molecule has 3 nitrogen and oxygen atoms in total. The molecule has 2 rings (SSSR count). The number of likely N-dealkylation sites (N-methyl/N-ethyl adjacent to an activating group) is 1. The molecule has 1 saturated heterocycles. The monoisotopic (exact) mass is 269 g/mol. The number of ether oxygens (including phenoxy) is 1. The van der Waals surface area contributed by atoms with E-state index < -0.39 is 0 Å². The lowest BCUT2D eigenvalue weighted by Gasteiger charge is -2.13. The Morgan fingerprint density at radius 2 is 2.20 bits per heavy atom. The normalized spacial score (nSPS) is 20.8. The lowest BCUT2D eigenvalue weighted by molar-refractivity contribution is -0.132. The van der Waals surface area contributed by atoms with Gasteiger partial charge in [-0.3, -0.25) is 4.79 Å². The predicted octanol–water partition coefficient (Wildman–Crippen LogP) is 2.06. The SMILES string of the molecule is CN1CCC(Oc2ccccc2Br)C1=O. The molecule has 0 aliphatic carbocycles. The highest BCUT2D eigenvalue weighted by Gasteiger charge is 2.30. The van der Waals surface area contributed by atoms with Crippen molar-refractivity contribution in [2.45, 2.75) is 12.5 Å². The standard InChI is InChI=1S/C11H12BrNO2/c1-13-7-6-10(11(13)14)15-9-5-3-2-4-8(9)12/h2-5,10H,6-7H2,1H3. The van der Waals surface area contributed by atoms with Gasteiger partial charge < -0.3 is 9.64 Å². The summed E-state index contributed by atoms with van der Waals surface area (Å²) in [5, 5.41) is 0. The summed E-state index contributed by atoms with van der Waals surface area (Å²) in [5.41, 5.74) is 0. The molecular weight excluding hydrogens is 258 g/mol. The van der Waals surface area contributed by atoms with Gasteiger partial charge in [0.1, 0.15) is 5.75 Å². The molecule has 0 radical (unpaired) electrons. The van der Waals surface area contributed by atoms with Crippen LogP contribution in [0.5, 0.6) is 5.75 Å². The summed E-state index contributed by atoms with van der Waals surface area (Å²) in [6.07, 6.45) is 0.435. The molecule has 1 aliphatic rings. The number of rotatable bonds is 2. The van der Waals surface area contributed by atoms with Crippen LogP contribution in [0.3, 0.4) is 0 Å². The zero-order valence-electron chi connectivity index (χ0n) is 8.44. The van der Waals surface area contributed by atoms with Gasteiger partial charge in [0.2, 0.25) is 0 Å². The van der Waals surface area contributed by atoms with E-state index in [1.807, 2.05) is 24.3 Å². The van der Waals surface area contributed by atoms with Crippen LogP contribution >= 0.6 is 15.9 Å². The molecule has 0 spiro atoms. The Kier molecular flexibility index (Phi) is 2.95. The average Bonchev–Trinajstić information content (AvgIpc) is 2.53. The Hall–Kier alpha value is -1.03. The molecule has 1 fully saturated rings. The summed E-state index contributed by atoms with van der Waals surface area (Å²) in [6.45, 7) is 0.772. The molecule has 1 unspecified atom stereocenters. The summed E-state index contributed by atoms with van der Waals surface area (Å²) in [7, 11) is 1.80. The van der Waals surface area contributed by atoms with Crippen molar-refractivity contribution in [1.82, 2.24) is 4.90 Å². The van der Waals surface area contributed by atoms with Gasteiger partial charge in [0.25, 0.3) is 5.91 Å². The van der Waals surface area contributed by atoms with Crippen LogP contribution in [0.2, 0.25) is 0 Å². The third-order valence-electron chi connectivity index (χ3n) is 2.48. The van der Waals surface area contributed by atoms with Crippen molar-refractivity contribution in [2.24, 2.45) is 0 Å². The summed E-state index contributed by atoms with van der Waals surface area (Å²) in [5.74, 6) is 0.789. The Morgan fingerprint density at radius 1 is 1.47 bits per heavy atom. The molecule has 0 aromatic heterocycles. The second-order valence-corrected chi connectivity index (χ2v) is 4.44. The van der Waals surface area contributed by atoms with Crippen molar-refractivity contribution in [3.8, 4) is 5.75 Å². The van der Waals surface area contributed by atoms with Gasteiger partial charge in [-0.15, -0.1) is 0 Å². The van der Waals surface area contributed by atoms with Gasteiger partial charge in [-0.2, -0.15) is 0 Å². The highest BCUT2D eigenvalue weighted by atomic mass is 79.9. The van der Waals surface area contributed by atoms with Crippen LogP contribution in [0.4, 0.5) is 0 Å². The zero-order valence-corrected chi connectivity index (χ0v) is 10.0. The predicted molar refractivity (Wildman–Crippen MR) is 60.8 cm³/mol. The van der Waals surface area contributed by atoms with E-state index in [1.54, 1.807) is 11.9 Å². The van der Waals surface area contributed by atoms with Crippen LogP contribution < -0.4 is 4.74 Å². The fourth-order valence-electron chi connectivity index (χ4n) is 1.59. The first-order valence-electron chi connectivity index (χ1n) is 4.84. The molecule has 0 saturated carbocycles. The van der Waals surface area contributed by atoms with Crippen molar-refractivity contribution >= 4 is 21.8 Å². The lowest BCUT2D eigenvalue weighted by Crippen LogP contribution is -2.29. The van der Waals surface area contributed by atoms with E-state index in [4.69, 9.17) is 4.74 Å². The van der Waals surface area contributed by atoms with Gasteiger partial charge in [-0.25, -0.2) is 0 Å². The summed E-state index contributed by atoms with van der Waals surface area (Å²) >= 11 is 3.39. The number of carbonyl (C=O) groups is 1. The number of carbonyl (C=O) groups excluding carboxylic acids is 1. The van der Waals surface area contributed by atoms with Crippen molar-refractivity contribution in [3.05, 3.63) is 28.7 Å². The number of benzene rings is 1. The molecule has 1 heterocycles. The highest BCUT2D eigenvalue weighted by Crippen LogP contribution is 2.26. The average molecular weight is 270 g/mol. The Balaban J connectivity index is 2.10. The maximum absolute atomic E-state index is 11.6. The van der Waals surface area contributed by atoms with Gasteiger partial charge in [-0.05, 0) is 28.1 Å². The van der Waals surface area contributed by atoms with Crippen molar-refractivity contribution in [3.63, 3.8) is 0 Å². The van der Waals surface area contributed by atoms with E-state index in [1.165, 1.54) is 0 Å². The first kappa shape index (κ1) is 10.5. The molecule has 1 aliphatic heterocycles. The minimum absolute atomic E-state index is 0.0609. The first-order chi connectivity index (χ1) is 7.18. The van der Waals surface area contributed by atoms with E-state index >= 15 is 0 Å². The topological polar surface area (TPSA) is 29.5 Å². The Bertz CT molecular complexity index is 381. The number of amides is 1. The molecular formula is C11H12BrNO2. The molecule has 1 aromatic carbocycles. The van der Waals surface area contributed by atoms with E-state index in [-0.39, 0.29) is 12.0 Å². The summed E-state index contributed by atoms with van der Waals surface area (Å²) in [6, 6.07) is 7.57. The van der Waals surface area contributed by atoms with Crippen molar-refractivity contribution in [2.75, 3.05) is 13.6 Å². The fourth-order valence-corrected chi connectivity index (χ4v) is 1.97. The molecule has 0 bridgehead atoms. The van der Waals surface area contributed by atoms with Crippen LogP contribution in [-0.2, 0) is 4.79 Å². The second kappa shape index (κ2) is 4.23. The minimum Gasteiger partial charge on any atom is -0.479 e. The molecule has 15 heavy (non-hydrogen) atoms. The van der Waals surface area contributed by atoms with Crippen LogP contribution in [0.25, 0.3) is 0 Å². The third kappa shape index (κ3) is 2.15. The first-order valence-corrected chi connectivity index (χ1v) is 5.64. The summed E-state index contributed by atoms with van der Waals surface area (Å²) < 4.78 is 6.53. The van der Waals surface area contributed by atoms with Crippen molar-refractivity contribution in [1.29, 1.82) is 0 Å². The maximum atomic E-state index is 11.6. The Morgan fingerprint density at radius 3 is 2.80 bits per heavy atom. The number of hydrogen-bond acceptors (Lipinski definition) is 2. The van der Waals surface area contributed by atoms with E-state index in [0.29, 0.717) is 0 Å². The minimum atomic E-state index is -0.325. The Labute approximate surface area is 97.2 Å². The quantitative estimate of drug-likeness (QED) is 0.823. The van der Waals surface area contributed by atoms with Crippen molar-refractivity contribution < 1.29 is 9.53 Å². The molecule has 1 aromatic rings. The molecule has 0 N–H and O–H groups in total. The van der Waals surface area contributed by atoms with Crippen LogP contribution in [-0.4, -0.2) is 30.5 Å². The molecule has 1 atom stereocenters. The fraction of sp³-hybridized carbons (Fsp3) is 0.364. The molecule has 4 heteroatoms. The van der Waals surface area contributed by atoms with Gasteiger partial charge >= 0.3 is 0 Å². The number of para-hydroxylation sites is 1. The van der Waals surface area contributed by atoms with Crippen LogP contribution in [0.15, 0.2) is 28.7 Å². The number of halogens is 1. The van der Waals surface area contributed by atoms with Gasteiger partial charge in [0, 0.05) is 20.0 Å². The maximum Gasteiger partial charge on any atom is 0.263 e. The zero-order chi connectivity index (χ0) is 10.8. The van der Waals surface area contributed by atoms with Gasteiger partial charge in [0.05, 0.1) is 4.47 Å². The van der Waals surface area contributed by atoms with E-state index in [2.05, 4.69) is 15.9 Å². The van der Waals surface area contributed by atoms with E-state index in [0.717, 1.165) is 23.2 Å². The molecule has 80 valence electrons. The van der Waals surface area contributed by atoms with Crippen LogP contribution in [0.1, 0.15) is 6.42 Å². The lowest BCUT2D eigenvalue weighted by atomic mass is 10.3. The van der Waals surface area contributed by atoms with E-state index in [9.17, 15) is 4.79 Å². The number of nitrogens with zero attached hydrogens (tertiary/aromatic N) is 1. The largest absolute Gasteiger partial charge is 0.479 e. The molecule has 1 amide bonds. The smallest absolute Gasteiger partial charge is 0.263 e. The van der Waals surface area contributed by atoms with Crippen LogP contribution in [0, 0.1) is 0 Å². The number of hydrogen-bond donors (Lipinski definition) is 0. The second-order valence-electron chi connectivity index (χ2n) is 3.59. The summed E-state index contributed by atoms with van der Waals surface area (Å²) in [4.78, 5) is 13.3. The van der Waals surface area contributed by atoms with Gasteiger partial charge in [-0.1, -0.05) is 12.1 Å². The third-order valence-corrected chi connectivity index (χ3v) is 3.14. The highest BCUT2D eigenvalue weighted by molar-refractivity contribution is 9.10. The van der Waals surface area contributed by atoms with Gasteiger partial charge in [0.15, 0.2) is 6.10 Å². The number of likely N-dealkylation sites (tertiary alicyclic amines) is 1.